The summed E-state index contributed by atoms with van der Waals surface area (Å²) >= 11 is 3.13. The summed E-state index contributed by atoms with van der Waals surface area (Å²) in [6.07, 6.45) is 3.97. The van der Waals surface area contributed by atoms with E-state index in [0.717, 1.165) is 12.0 Å². The fourth-order valence-corrected chi connectivity index (χ4v) is 1.99. The highest BCUT2D eigenvalue weighted by Crippen LogP contribution is 2.38. The Balaban J connectivity index is 0.000000151. The zero-order valence-corrected chi connectivity index (χ0v) is 12.3. The quantitative estimate of drug-likeness (QED) is 0.638. The Morgan fingerprint density at radius 2 is 1.55 bits per heavy atom. The molecule has 1 saturated carbocycles. The van der Waals surface area contributed by atoms with Crippen LogP contribution in [0.15, 0.2) is 41.0 Å². The Bertz CT molecular complexity index is 612. The van der Waals surface area contributed by atoms with Crippen LogP contribution in [0.4, 0.5) is 0 Å². The first kappa shape index (κ1) is 14.5. The summed E-state index contributed by atoms with van der Waals surface area (Å²) in [5.41, 5.74) is 2.08. The average molecular weight is 333 g/mol. The van der Waals surface area contributed by atoms with Crippen LogP contribution in [0.3, 0.4) is 0 Å². The molecule has 20 heavy (non-hydrogen) atoms. The maximum Gasteiger partial charge on any atom is 0.168 e. The van der Waals surface area contributed by atoms with E-state index in [-0.39, 0.29) is 0 Å². The summed E-state index contributed by atoms with van der Waals surface area (Å²) in [6, 6.07) is 10.8. The summed E-state index contributed by atoms with van der Waals surface area (Å²) in [5, 5.41) is 0. The first-order chi connectivity index (χ1) is 9.72. The highest BCUT2D eigenvalue weighted by molar-refractivity contribution is 9.10. The maximum atomic E-state index is 10.3. The number of carbonyl (C=O) groups is 2. The molecule has 1 aliphatic carbocycles. The van der Waals surface area contributed by atoms with Gasteiger partial charge in [0.25, 0.3) is 0 Å². The molecule has 0 spiro atoms. The third-order valence-electron chi connectivity index (χ3n) is 2.77. The molecule has 2 heterocycles. The average Bonchev–Trinajstić information content (AvgIpc) is 3.33. The summed E-state index contributed by atoms with van der Waals surface area (Å²) in [5.74, 6) is 0.634. The van der Waals surface area contributed by atoms with E-state index in [1.54, 1.807) is 24.3 Å². The molecule has 1 aliphatic rings. The lowest BCUT2D eigenvalue weighted by Crippen LogP contribution is -1.90. The van der Waals surface area contributed by atoms with Crippen LogP contribution < -0.4 is 0 Å². The van der Waals surface area contributed by atoms with Crippen LogP contribution in [0, 0.1) is 0 Å². The minimum absolute atomic E-state index is 0.448. The Hall–Kier alpha value is -1.88. The summed E-state index contributed by atoms with van der Waals surface area (Å²) in [6.45, 7) is 0. The standard InChI is InChI=1S/C9H9NO.C6H4BrNO/c11-6-8-2-1-3-9(10-8)7-4-5-7;7-6-3-1-2-5(4-9)8-6/h1-3,6-7H,4-5H2;1-4H. The molecule has 5 heteroatoms. The number of halogens is 1. The summed E-state index contributed by atoms with van der Waals surface area (Å²) < 4.78 is 0.687. The molecule has 0 saturated heterocycles. The van der Waals surface area contributed by atoms with E-state index in [4.69, 9.17) is 0 Å². The Kier molecular flexibility index (Phi) is 5.12. The molecule has 4 nitrogen and oxygen atoms in total. The molecule has 0 aromatic carbocycles. The van der Waals surface area contributed by atoms with E-state index >= 15 is 0 Å². The van der Waals surface area contributed by atoms with Crippen molar-refractivity contribution in [2.75, 3.05) is 0 Å². The van der Waals surface area contributed by atoms with Gasteiger partial charge in [0.05, 0.1) is 0 Å². The van der Waals surface area contributed by atoms with Gasteiger partial charge in [0.1, 0.15) is 16.0 Å². The monoisotopic (exact) mass is 332 g/mol. The second kappa shape index (κ2) is 7.05. The number of hydrogen-bond donors (Lipinski definition) is 0. The van der Waals surface area contributed by atoms with Gasteiger partial charge in [0.15, 0.2) is 12.6 Å². The maximum absolute atomic E-state index is 10.3. The lowest BCUT2D eigenvalue weighted by Gasteiger charge is -1.95. The third kappa shape index (κ3) is 4.35. The number of nitrogens with zero attached hydrogens (tertiary/aromatic N) is 2. The number of aromatic nitrogens is 2. The minimum atomic E-state index is 0.448. The number of hydrogen-bond acceptors (Lipinski definition) is 4. The first-order valence-corrected chi connectivity index (χ1v) is 7.02. The lowest BCUT2D eigenvalue weighted by atomic mass is 10.2. The zero-order valence-electron chi connectivity index (χ0n) is 10.7. The molecule has 102 valence electrons. The number of pyridine rings is 2. The molecular formula is C15H13BrN2O2. The van der Waals surface area contributed by atoms with Crippen molar-refractivity contribution in [2.45, 2.75) is 18.8 Å². The van der Waals surface area contributed by atoms with Crippen LogP contribution in [-0.4, -0.2) is 22.5 Å². The summed E-state index contributed by atoms with van der Waals surface area (Å²) in [4.78, 5) is 28.4. The van der Waals surface area contributed by atoms with Crippen molar-refractivity contribution in [3.63, 3.8) is 0 Å². The molecule has 1 fully saturated rings. The van der Waals surface area contributed by atoms with Gasteiger partial charge in [0, 0.05) is 11.6 Å². The highest BCUT2D eigenvalue weighted by Gasteiger charge is 2.24. The fraction of sp³-hybridized carbons (Fsp3) is 0.200. The largest absolute Gasteiger partial charge is 0.296 e. The number of carbonyl (C=O) groups excluding carboxylic acids is 2. The van der Waals surface area contributed by atoms with Crippen LogP contribution in [-0.2, 0) is 0 Å². The Morgan fingerprint density at radius 1 is 0.950 bits per heavy atom. The van der Waals surface area contributed by atoms with Gasteiger partial charge in [0.2, 0.25) is 0 Å². The predicted molar refractivity (Wildman–Crippen MR) is 78.9 cm³/mol. The molecule has 0 aliphatic heterocycles. The molecule has 0 bridgehead atoms. The van der Waals surface area contributed by atoms with Crippen LogP contribution in [0.2, 0.25) is 0 Å². The predicted octanol–water partition coefficient (Wildman–Crippen LogP) is 3.43. The van der Waals surface area contributed by atoms with E-state index in [1.807, 2.05) is 12.1 Å². The van der Waals surface area contributed by atoms with E-state index < -0.39 is 0 Å². The van der Waals surface area contributed by atoms with Crippen molar-refractivity contribution >= 4 is 28.5 Å². The molecule has 2 aromatic heterocycles. The molecular weight excluding hydrogens is 320 g/mol. The van der Waals surface area contributed by atoms with Crippen molar-refractivity contribution < 1.29 is 9.59 Å². The normalized spacial score (nSPS) is 13.1. The van der Waals surface area contributed by atoms with Crippen LogP contribution in [0.25, 0.3) is 0 Å². The topological polar surface area (TPSA) is 59.9 Å². The zero-order chi connectivity index (χ0) is 14.4. The van der Waals surface area contributed by atoms with Crippen molar-refractivity contribution in [1.29, 1.82) is 0 Å². The van der Waals surface area contributed by atoms with Crippen LogP contribution in [0.1, 0.15) is 45.4 Å². The molecule has 0 amide bonds. The molecule has 0 radical (unpaired) electrons. The van der Waals surface area contributed by atoms with Gasteiger partial charge < -0.3 is 0 Å². The lowest BCUT2D eigenvalue weighted by molar-refractivity contribution is 0.111. The smallest absolute Gasteiger partial charge is 0.168 e. The van der Waals surface area contributed by atoms with Gasteiger partial charge >= 0.3 is 0 Å². The number of aldehydes is 2. The number of rotatable bonds is 3. The van der Waals surface area contributed by atoms with E-state index in [9.17, 15) is 9.59 Å². The van der Waals surface area contributed by atoms with Crippen LogP contribution in [0.5, 0.6) is 0 Å². The van der Waals surface area contributed by atoms with Crippen LogP contribution >= 0.6 is 15.9 Å². The molecule has 0 N–H and O–H groups in total. The van der Waals surface area contributed by atoms with Crippen molar-refractivity contribution in [3.8, 4) is 0 Å². The van der Waals surface area contributed by atoms with Gasteiger partial charge in [-0.25, -0.2) is 9.97 Å². The SMILES string of the molecule is O=Cc1cccc(Br)n1.O=Cc1cccc(C2CC2)n1. The van der Waals surface area contributed by atoms with Gasteiger partial charge in [-0.05, 0) is 53.0 Å². The van der Waals surface area contributed by atoms with Gasteiger partial charge in [-0.2, -0.15) is 0 Å². The van der Waals surface area contributed by atoms with E-state index in [2.05, 4.69) is 25.9 Å². The Labute approximate surface area is 125 Å². The molecule has 0 atom stereocenters. The van der Waals surface area contributed by atoms with Crippen molar-refractivity contribution in [1.82, 2.24) is 9.97 Å². The molecule has 2 aromatic rings. The first-order valence-electron chi connectivity index (χ1n) is 6.23. The molecule has 3 rings (SSSR count). The second-order valence-electron chi connectivity index (χ2n) is 4.38. The minimum Gasteiger partial charge on any atom is -0.296 e. The van der Waals surface area contributed by atoms with Crippen molar-refractivity contribution in [2.24, 2.45) is 0 Å². The van der Waals surface area contributed by atoms with E-state index in [1.165, 1.54) is 12.8 Å². The second-order valence-corrected chi connectivity index (χ2v) is 5.19. The van der Waals surface area contributed by atoms with Crippen molar-refractivity contribution in [3.05, 3.63) is 58.1 Å². The highest BCUT2D eigenvalue weighted by atomic mass is 79.9. The fourth-order valence-electron chi connectivity index (χ4n) is 1.63. The van der Waals surface area contributed by atoms with Gasteiger partial charge in [-0.15, -0.1) is 0 Å². The molecule has 0 unspecified atom stereocenters. The third-order valence-corrected chi connectivity index (χ3v) is 3.21. The van der Waals surface area contributed by atoms with Gasteiger partial charge in [-0.3, -0.25) is 9.59 Å². The summed E-state index contributed by atoms with van der Waals surface area (Å²) in [7, 11) is 0. The van der Waals surface area contributed by atoms with E-state index in [0.29, 0.717) is 28.2 Å². The van der Waals surface area contributed by atoms with Gasteiger partial charge in [-0.1, -0.05) is 12.1 Å². The Morgan fingerprint density at radius 3 is 2.05 bits per heavy atom.